The zero-order chi connectivity index (χ0) is 7.02. The van der Waals surface area contributed by atoms with Crippen LogP contribution < -0.4 is 5.56 Å². The van der Waals surface area contributed by atoms with Crippen molar-refractivity contribution in [2.24, 2.45) is 7.05 Å². The van der Waals surface area contributed by atoms with E-state index in [2.05, 4.69) is 0 Å². The quantitative estimate of drug-likeness (QED) is 0.602. The minimum Gasteiger partial charge on any atom is -0.267 e. The van der Waals surface area contributed by atoms with Crippen molar-refractivity contribution in [3.05, 3.63) is 19.7 Å². The molecule has 0 N–H and O–H groups in total. The molecule has 1 aromatic rings. The third-order valence-electron chi connectivity index (χ3n) is 0.863. The lowest BCUT2D eigenvalue weighted by molar-refractivity contribution is 0.981. The molecule has 0 unspecified atom stereocenters. The van der Waals surface area contributed by atoms with Gasteiger partial charge in [-0.25, -0.2) is 0 Å². The van der Waals surface area contributed by atoms with Gasteiger partial charge in [-0.3, -0.25) is 8.75 Å². The Morgan fingerprint density at radius 1 is 1.56 bits per heavy atom. The lowest BCUT2D eigenvalue weighted by Gasteiger charge is -1.77. The number of aromatic nitrogens is 1. The van der Waals surface area contributed by atoms with Gasteiger partial charge >= 0.3 is 0 Å². The van der Waals surface area contributed by atoms with Crippen LogP contribution in [-0.4, -0.2) is 3.96 Å². The van der Waals surface area contributed by atoms with E-state index in [-0.39, 0.29) is 10.6 Å². The maximum Gasteiger partial charge on any atom is 0.280 e. The van der Waals surface area contributed by atoms with E-state index in [1.54, 1.807) is 7.05 Å². The molecule has 9 heavy (non-hydrogen) atoms. The third-order valence-corrected chi connectivity index (χ3v) is 2.62. The van der Waals surface area contributed by atoms with Gasteiger partial charge in [-0.1, -0.05) is 23.2 Å². The molecule has 0 spiro atoms. The van der Waals surface area contributed by atoms with Crippen molar-refractivity contribution < 1.29 is 0 Å². The van der Waals surface area contributed by atoms with Gasteiger partial charge in [0.15, 0.2) is 0 Å². The van der Waals surface area contributed by atoms with Crippen LogP contribution in [0.3, 0.4) is 0 Å². The molecule has 0 aromatic carbocycles. The lowest BCUT2D eigenvalue weighted by Crippen LogP contribution is -2.07. The van der Waals surface area contributed by atoms with Crippen molar-refractivity contribution in [3.63, 3.8) is 0 Å². The number of rotatable bonds is 0. The molecule has 1 heterocycles. The monoisotopic (exact) mass is 183 g/mol. The highest BCUT2D eigenvalue weighted by Gasteiger charge is 2.06. The van der Waals surface area contributed by atoms with Crippen molar-refractivity contribution in [1.82, 2.24) is 3.96 Å². The predicted octanol–water partition coefficient (Wildman–Crippen LogP) is 1.75. The second-order valence-electron chi connectivity index (χ2n) is 1.48. The lowest BCUT2D eigenvalue weighted by atomic mass is 10.7. The van der Waals surface area contributed by atoms with Crippen LogP contribution in [0, 0.1) is 0 Å². The van der Waals surface area contributed by atoms with Gasteiger partial charge < -0.3 is 0 Å². The number of halogens is 2. The molecule has 0 bridgehead atoms. The average molecular weight is 184 g/mol. The summed E-state index contributed by atoms with van der Waals surface area (Å²) in [4.78, 5) is 10.7. The second-order valence-corrected chi connectivity index (χ2v) is 3.60. The first-order valence-electron chi connectivity index (χ1n) is 2.14. The fraction of sp³-hybridized carbons (Fsp3) is 0.250. The maximum absolute atomic E-state index is 10.7. The van der Waals surface area contributed by atoms with E-state index in [4.69, 9.17) is 23.2 Å². The summed E-state index contributed by atoms with van der Waals surface area (Å²) in [6.07, 6.45) is 0. The molecule has 0 atom stereocenters. The molecule has 1 rings (SSSR count). The summed E-state index contributed by atoms with van der Waals surface area (Å²) in [6.45, 7) is 0. The molecular weight excluding hydrogens is 181 g/mol. The average Bonchev–Trinajstić information content (AvgIpc) is 1.98. The summed E-state index contributed by atoms with van der Waals surface area (Å²) in [5.41, 5.74) is -0.230. The van der Waals surface area contributed by atoms with Crippen LogP contribution in [0.25, 0.3) is 0 Å². The van der Waals surface area contributed by atoms with Crippen LogP contribution in [0.15, 0.2) is 4.79 Å². The van der Waals surface area contributed by atoms with E-state index in [9.17, 15) is 4.79 Å². The highest BCUT2D eigenvalue weighted by atomic mass is 35.5. The van der Waals surface area contributed by atoms with Crippen LogP contribution in [-0.2, 0) is 7.05 Å². The smallest absolute Gasteiger partial charge is 0.267 e. The standard InChI is InChI=1S/C4H3Cl2NOS/c1-7-4(8)2(5)3(6)9-7/h1H3. The molecule has 0 aliphatic heterocycles. The fourth-order valence-corrected chi connectivity index (χ4v) is 1.68. The van der Waals surface area contributed by atoms with Gasteiger partial charge in [0, 0.05) is 7.05 Å². The Kier molecular flexibility index (Phi) is 1.84. The Balaban J connectivity index is 3.48. The van der Waals surface area contributed by atoms with Gasteiger partial charge in [0.25, 0.3) is 5.56 Å². The van der Waals surface area contributed by atoms with Crippen LogP contribution in [0.5, 0.6) is 0 Å². The normalized spacial score (nSPS) is 10.1. The molecule has 0 fully saturated rings. The summed E-state index contributed by atoms with van der Waals surface area (Å²) < 4.78 is 1.73. The van der Waals surface area contributed by atoms with Gasteiger partial charge in [0.1, 0.15) is 9.36 Å². The minimum atomic E-state index is -0.230. The summed E-state index contributed by atoms with van der Waals surface area (Å²) in [5, 5.41) is 0.115. The van der Waals surface area contributed by atoms with E-state index in [0.29, 0.717) is 4.34 Å². The van der Waals surface area contributed by atoms with Crippen molar-refractivity contribution in [1.29, 1.82) is 0 Å². The predicted molar refractivity (Wildman–Crippen MR) is 39.6 cm³/mol. The molecule has 0 saturated carbocycles. The fourth-order valence-electron chi connectivity index (χ4n) is 0.424. The van der Waals surface area contributed by atoms with Gasteiger partial charge in [0.2, 0.25) is 0 Å². The first-order valence-corrected chi connectivity index (χ1v) is 3.67. The van der Waals surface area contributed by atoms with E-state index in [1.165, 1.54) is 3.96 Å². The first-order chi connectivity index (χ1) is 4.13. The number of hydrogen-bond donors (Lipinski definition) is 0. The number of nitrogens with zero attached hydrogens (tertiary/aromatic N) is 1. The Hall–Kier alpha value is 0.01000. The maximum atomic E-state index is 10.7. The van der Waals surface area contributed by atoms with Crippen LogP contribution >= 0.6 is 34.7 Å². The largest absolute Gasteiger partial charge is 0.280 e. The summed E-state index contributed by atoms with van der Waals surface area (Å²) in [5.74, 6) is 0. The van der Waals surface area contributed by atoms with E-state index in [1.807, 2.05) is 0 Å². The van der Waals surface area contributed by atoms with E-state index < -0.39 is 0 Å². The minimum absolute atomic E-state index is 0.115. The van der Waals surface area contributed by atoms with Crippen molar-refractivity contribution in [3.8, 4) is 0 Å². The number of hydrogen-bond acceptors (Lipinski definition) is 2. The highest BCUT2D eigenvalue weighted by Crippen LogP contribution is 2.21. The van der Waals surface area contributed by atoms with Gasteiger partial charge in [-0.15, -0.1) is 0 Å². The first kappa shape index (κ1) is 7.12. The molecular formula is C4H3Cl2NOS. The van der Waals surface area contributed by atoms with Crippen molar-refractivity contribution in [2.75, 3.05) is 0 Å². The Bertz CT molecular complexity index is 277. The van der Waals surface area contributed by atoms with Crippen LogP contribution in [0.4, 0.5) is 0 Å². The molecule has 0 amide bonds. The van der Waals surface area contributed by atoms with E-state index in [0.717, 1.165) is 11.5 Å². The topological polar surface area (TPSA) is 22.0 Å². The van der Waals surface area contributed by atoms with Gasteiger partial charge in [0.05, 0.1) is 0 Å². The Morgan fingerprint density at radius 3 is 2.22 bits per heavy atom. The second kappa shape index (κ2) is 2.33. The van der Waals surface area contributed by atoms with Gasteiger partial charge in [-0.2, -0.15) is 0 Å². The third kappa shape index (κ3) is 1.13. The molecule has 1 aromatic heterocycles. The molecule has 5 heteroatoms. The van der Waals surface area contributed by atoms with Gasteiger partial charge in [-0.05, 0) is 11.5 Å². The molecule has 50 valence electrons. The molecule has 0 radical (unpaired) electrons. The highest BCUT2D eigenvalue weighted by molar-refractivity contribution is 7.11. The molecule has 0 aliphatic carbocycles. The molecule has 0 saturated heterocycles. The zero-order valence-corrected chi connectivity index (χ0v) is 6.85. The van der Waals surface area contributed by atoms with E-state index >= 15 is 0 Å². The number of aryl methyl sites for hydroxylation is 1. The Labute approximate surface area is 65.8 Å². The Morgan fingerprint density at radius 2 is 2.11 bits per heavy atom. The summed E-state index contributed by atoms with van der Waals surface area (Å²) >= 11 is 12.1. The molecule has 2 nitrogen and oxygen atoms in total. The summed E-state index contributed by atoms with van der Waals surface area (Å²) in [6, 6.07) is 0. The van der Waals surface area contributed by atoms with Crippen LogP contribution in [0.1, 0.15) is 0 Å². The SMILES string of the molecule is Cn1sc(Cl)c(Cl)c1=O. The van der Waals surface area contributed by atoms with Crippen LogP contribution in [0.2, 0.25) is 9.36 Å². The zero-order valence-electron chi connectivity index (χ0n) is 4.52. The van der Waals surface area contributed by atoms with Crippen molar-refractivity contribution >= 4 is 34.7 Å². The molecule has 0 aliphatic rings. The van der Waals surface area contributed by atoms with Crippen molar-refractivity contribution in [2.45, 2.75) is 0 Å². The summed E-state index contributed by atoms with van der Waals surface area (Å²) in [7, 11) is 1.62.